The van der Waals surface area contributed by atoms with Crippen molar-refractivity contribution < 1.29 is 13.9 Å². The third kappa shape index (κ3) is 3.83. The number of aliphatic hydroxyl groups is 1. The maximum absolute atomic E-state index is 12.6. The van der Waals surface area contributed by atoms with Gasteiger partial charge < -0.3 is 15.7 Å². The van der Waals surface area contributed by atoms with Crippen LogP contribution in [0.1, 0.15) is 5.56 Å². The lowest BCUT2D eigenvalue weighted by Crippen LogP contribution is -2.32. The quantitative estimate of drug-likeness (QED) is 0.747. The molecule has 1 aromatic rings. The van der Waals surface area contributed by atoms with Gasteiger partial charge in [0.1, 0.15) is 0 Å². The molecule has 0 saturated carbocycles. The second kappa shape index (κ2) is 7.56. The Labute approximate surface area is 110 Å². The highest BCUT2D eigenvalue weighted by Crippen LogP contribution is 2.29. The van der Waals surface area contributed by atoms with E-state index in [4.69, 9.17) is 10.8 Å². The summed E-state index contributed by atoms with van der Waals surface area (Å²) in [6, 6.07) is 5.49. The second-order valence-corrected chi connectivity index (χ2v) is 4.57. The average Bonchev–Trinajstić information content (AvgIpc) is 2.36. The predicted octanol–water partition coefficient (Wildman–Crippen LogP) is 1.93. The Morgan fingerprint density at radius 2 is 2.17 bits per heavy atom. The van der Waals surface area contributed by atoms with Crippen molar-refractivity contribution in [2.75, 3.05) is 30.9 Å². The van der Waals surface area contributed by atoms with Gasteiger partial charge in [0.05, 0.1) is 13.2 Å². The normalized spacial score (nSPS) is 11.0. The highest BCUT2D eigenvalue weighted by atomic mass is 32.2. The van der Waals surface area contributed by atoms with E-state index in [9.17, 15) is 8.78 Å². The van der Waals surface area contributed by atoms with Gasteiger partial charge >= 0.3 is 0 Å². The minimum atomic E-state index is -2.44. The van der Waals surface area contributed by atoms with Gasteiger partial charge in [0.2, 0.25) is 0 Å². The van der Waals surface area contributed by atoms with Crippen LogP contribution < -0.4 is 10.6 Å². The smallest absolute Gasteiger partial charge is 0.255 e. The van der Waals surface area contributed by atoms with E-state index in [0.717, 1.165) is 10.5 Å². The third-order valence-electron chi connectivity index (χ3n) is 2.60. The van der Waals surface area contributed by atoms with Crippen molar-refractivity contribution in [2.24, 2.45) is 5.73 Å². The van der Waals surface area contributed by atoms with Gasteiger partial charge in [-0.15, -0.1) is 11.8 Å². The van der Waals surface area contributed by atoms with Gasteiger partial charge in [0.15, 0.2) is 0 Å². The van der Waals surface area contributed by atoms with Crippen molar-refractivity contribution in [1.29, 1.82) is 0 Å². The zero-order valence-corrected chi connectivity index (χ0v) is 11.1. The topological polar surface area (TPSA) is 49.5 Å². The van der Waals surface area contributed by atoms with Crippen LogP contribution in [0.25, 0.3) is 0 Å². The Morgan fingerprint density at radius 1 is 1.44 bits per heavy atom. The molecule has 1 rings (SSSR count). The summed E-state index contributed by atoms with van der Waals surface area (Å²) >= 11 is 1.53. The van der Waals surface area contributed by atoms with Gasteiger partial charge in [-0.2, -0.15) is 0 Å². The Morgan fingerprint density at radius 3 is 2.67 bits per heavy atom. The van der Waals surface area contributed by atoms with Crippen LogP contribution in [0.4, 0.5) is 14.5 Å². The summed E-state index contributed by atoms with van der Waals surface area (Å²) in [5.41, 5.74) is 7.23. The summed E-state index contributed by atoms with van der Waals surface area (Å²) in [4.78, 5) is 2.46. The Balaban J connectivity index is 3.09. The summed E-state index contributed by atoms with van der Waals surface area (Å²) in [7, 11) is 0. The molecule has 18 heavy (non-hydrogen) atoms. The van der Waals surface area contributed by atoms with Crippen LogP contribution in [-0.4, -0.2) is 37.5 Å². The molecule has 102 valence electrons. The highest BCUT2D eigenvalue weighted by Gasteiger charge is 2.16. The van der Waals surface area contributed by atoms with E-state index in [2.05, 4.69) is 0 Å². The first-order chi connectivity index (χ1) is 8.63. The van der Waals surface area contributed by atoms with Crippen LogP contribution in [-0.2, 0) is 6.54 Å². The molecular weight excluding hydrogens is 258 g/mol. The van der Waals surface area contributed by atoms with E-state index in [0.29, 0.717) is 5.69 Å². The minimum absolute atomic E-state index is 0.166. The van der Waals surface area contributed by atoms with Crippen molar-refractivity contribution >= 4 is 17.4 Å². The number of alkyl halides is 2. The first-order valence-electron chi connectivity index (χ1n) is 5.64. The molecule has 0 aliphatic heterocycles. The fraction of sp³-hybridized carbons (Fsp3) is 0.500. The van der Waals surface area contributed by atoms with E-state index in [1.165, 1.54) is 16.7 Å². The number of nitrogens with two attached hydrogens (primary N) is 1. The zero-order valence-electron chi connectivity index (χ0n) is 10.3. The van der Waals surface area contributed by atoms with Gasteiger partial charge in [-0.05, 0) is 18.4 Å². The SMILES string of the molecule is CSc1cccc(N(CCO)CC(F)F)c1CN. The molecule has 0 aromatic heterocycles. The van der Waals surface area contributed by atoms with Crippen LogP contribution in [0.2, 0.25) is 0 Å². The van der Waals surface area contributed by atoms with E-state index >= 15 is 0 Å². The Bertz CT molecular complexity index is 377. The number of thioether (sulfide) groups is 1. The van der Waals surface area contributed by atoms with Gasteiger partial charge in [-0.3, -0.25) is 0 Å². The number of nitrogens with zero attached hydrogens (tertiary/aromatic N) is 1. The lowest BCUT2D eigenvalue weighted by atomic mass is 10.1. The number of hydrogen-bond donors (Lipinski definition) is 2. The molecule has 6 heteroatoms. The fourth-order valence-corrected chi connectivity index (χ4v) is 2.49. The zero-order chi connectivity index (χ0) is 13.5. The molecule has 0 bridgehead atoms. The number of aliphatic hydroxyl groups excluding tert-OH is 1. The molecule has 1 aromatic carbocycles. The van der Waals surface area contributed by atoms with Crippen LogP contribution in [0.3, 0.4) is 0 Å². The molecule has 0 heterocycles. The van der Waals surface area contributed by atoms with Crippen LogP contribution in [0, 0.1) is 0 Å². The lowest BCUT2D eigenvalue weighted by Gasteiger charge is -2.26. The number of hydrogen-bond acceptors (Lipinski definition) is 4. The average molecular weight is 276 g/mol. The molecule has 0 aliphatic carbocycles. The van der Waals surface area contributed by atoms with Crippen molar-refractivity contribution in [1.82, 2.24) is 0 Å². The summed E-state index contributed by atoms with van der Waals surface area (Å²) < 4.78 is 25.1. The van der Waals surface area contributed by atoms with Crippen molar-refractivity contribution in [3.8, 4) is 0 Å². The first-order valence-corrected chi connectivity index (χ1v) is 6.86. The fourth-order valence-electron chi connectivity index (χ4n) is 1.84. The maximum atomic E-state index is 12.6. The minimum Gasteiger partial charge on any atom is -0.395 e. The van der Waals surface area contributed by atoms with E-state index in [-0.39, 0.29) is 19.7 Å². The lowest BCUT2D eigenvalue weighted by molar-refractivity contribution is 0.152. The van der Waals surface area contributed by atoms with Crippen LogP contribution >= 0.6 is 11.8 Å². The molecule has 0 saturated heterocycles. The number of anilines is 1. The number of rotatable bonds is 7. The molecule has 0 unspecified atom stereocenters. The molecule has 3 nitrogen and oxygen atoms in total. The summed E-state index contributed by atoms with van der Waals surface area (Å²) in [5.74, 6) is 0. The predicted molar refractivity (Wildman–Crippen MR) is 71.4 cm³/mol. The summed E-state index contributed by atoms with van der Waals surface area (Å²) in [5, 5.41) is 8.98. The Kier molecular flexibility index (Phi) is 6.38. The summed E-state index contributed by atoms with van der Waals surface area (Å²) in [6.07, 6.45) is -0.526. The van der Waals surface area contributed by atoms with E-state index < -0.39 is 13.0 Å². The number of halogens is 2. The van der Waals surface area contributed by atoms with E-state index in [1.54, 1.807) is 6.07 Å². The maximum Gasteiger partial charge on any atom is 0.255 e. The highest BCUT2D eigenvalue weighted by molar-refractivity contribution is 7.98. The van der Waals surface area contributed by atoms with Crippen LogP contribution in [0.5, 0.6) is 0 Å². The van der Waals surface area contributed by atoms with Gasteiger partial charge in [-0.25, -0.2) is 8.78 Å². The molecule has 3 N–H and O–H groups in total. The molecule has 0 atom stereocenters. The van der Waals surface area contributed by atoms with Gasteiger partial charge in [0.25, 0.3) is 6.43 Å². The second-order valence-electron chi connectivity index (χ2n) is 3.72. The van der Waals surface area contributed by atoms with Crippen molar-refractivity contribution in [3.63, 3.8) is 0 Å². The molecule has 0 amide bonds. The molecular formula is C12H18F2N2OS. The monoisotopic (exact) mass is 276 g/mol. The third-order valence-corrected chi connectivity index (χ3v) is 3.42. The largest absolute Gasteiger partial charge is 0.395 e. The van der Waals surface area contributed by atoms with E-state index in [1.807, 2.05) is 18.4 Å². The Hall–Kier alpha value is -0.850. The van der Waals surface area contributed by atoms with Crippen LogP contribution in [0.15, 0.2) is 23.1 Å². The molecule has 0 fully saturated rings. The molecule has 0 radical (unpaired) electrons. The van der Waals surface area contributed by atoms with Gasteiger partial charge in [-0.1, -0.05) is 6.07 Å². The summed E-state index contributed by atoms with van der Waals surface area (Å²) in [6.45, 7) is -0.0989. The van der Waals surface area contributed by atoms with Crippen molar-refractivity contribution in [3.05, 3.63) is 23.8 Å². The molecule has 0 aliphatic rings. The number of benzene rings is 1. The van der Waals surface area contributed by atoms with Gasteiger partial charge in [0, 0.05) is 29.2 Å². The standard InChI is InChI=1S/C12H18F2N2OS/c1-18-11-4-2-3-10(9(11)7-15)16(5-6-17)8-12(13)14/h2-4,12,17H,5-8,15H2,1H3. The first kappa shape index (κ1) is 15.2. The van der Waals surface area contributed by atoms with Crippen molar-refractivity contribution in [2.45, 2.75) is 17.9 Å². The molecule has 0 spiro atoms.